The molecule has 1 amide bonds. The maximum absolute atomic E-state index is 12.1. The number of anilines is 1. The number of carbonyl (C=O) groups is 1. The van der Waals surface area contributed by atoms with Crippen LogP contribution in [0.25, 0.3) is 5.65 Å². The van der Waals surface area contributed by atoms with Gasteiger partial charge < -0.3 is 20.2 Å². The molecule has 0 aliphatic heterocycles. The minimum atomic E-state index is -0.509. The standard InChI is InChI=1S/C19H22N4O2S/c1-26-10-8-17(20)19(24)22-14-5-4-6-16(11-14)25-13-15-12-23-9-3-2-7-18(23)21-15/h2-7,9,11-12,17H,8,10,13,20H2,1H3,(H,22,24)/t17-/m0/s1. The van der Waals surface area contributed by atoms with E-state index in [0.29, 0.717) is 24.5 Å². The summed E-state index contributed by atoms with van der Waals surface area (Å²) in [5.41, 5.74) is 8.28. The van der Waals surface area contributed by atoms with Crippen molar-refractivity contribution in [2.45, 2.75) is 19.1 Å². The summed E-state index contributed by atoms with van der Waals surface area (Å²) in [6, 6.07) is 12.6. The third kappa shape index (κ3) is 4.77. The molecule has 26 heavy (non-hydrogen) atoms. The van der Waals surface area contributed by atoms with Crippen LogP contribution in [0.2, 0.25) is 0 Å². The first kappa shape index (κ1) is 18.3. The SMILES string of the molecule is CSCC[C@H](N)C(=O)Nc1cccc(OCc2cn3ccccc3n2)c1. The molecule has 3 aromatic rings. The van der Waals surface area contributed by atoms with Gasteiger partial charge in [0.2, 0.25) is 5.91 Å². The van der Waals surface area contributed by atoms with Gasteiger partial charge in [0.25, 0.3) is 0 Å². The lowest BCUT2D eigenvalue weighted by Gasteiger charge is -2.12. The number of rotatable bonds is 8. The number of nitrogens with zero attached hydrogens (tertiary/aromatic N) is 2. The van der Waals surface area contributed by atoms with E-state index in [1.54, 1.807) is 17.8 Å². The van der Waals surface area contributed by atoms with Crippen LogP contribution in [-0.2, 0) is 11.4 Å². The lowest BCUT2D eigenvalue weighted by molar-refractivity contribution is -0.117. The molecule has 0 aliphatic carbocycles. The van der Waals surface area contributed by atoms with Crippen LogP contribution in [-0.4, -0.2) is 33.3 Å². The van der Waals surface area contributed by atoms with E-state index in [9.17, 15) is 4.79 Å². The number of fused-ring (bicyclic) bond motifs is 1. The van der Waals surface area contributed by atoms with E-state index >= 15 is 0 Å². The highest BCUT2D eigenvalue weighted by Crippen LogP contribution is 2.19. The smallest absolute Gasteiger partial charge is 0.241 e. The zero-order valence-corrected chi connectivity index (χ0v) is 15.4. The molecule has 7 heteroatoms. The van der Waals surface area contributed by atoms with E-state index in [2.05, 4.69) is 10.3 Å². The van der Waals surface area contributed by atoms with Crippen molar-refractivity contribution in [3.05, 3.63) is 60.6 Å². The van der Waals surface area contributed by atoms with Crippen LogP contribution in [0.1, 0.15) is 12.1 Å². The quantitative estimate of drug-likeness (QED) is 0.637. The molecule has 3 N–H and O–H groups in total. The Hall–Kier alpha value is -2.51. The van der Waals surface area contributed by atoms with Gasteiger partial charge in [0.1, 0.15) is 18.0 Å². The number of hydrogen-bond acceptors (Lipinski definition) is 5. The molecule has 2 heterocycles. The van der Waals surface area contributed by atoms with Gasteiger partial charge in [-0.25, -0.2) is 4.98 Å². The van der Waals surface area contributed by atoms with Crippen molar-refractivity contribution in [3.8, 4) is 5.75 Å². The average Bonchev–Trinajstić information content (AvgIpc) is 3.07. The summed E-state index contributed by atoms with van der Waals surface area (Å²) in [5, 5.41) is 2.84. The van der Waals surface area contributed by atoms with Crippen molar-refractivity contribution in [2.24, 2.45) is 5.73 Å². The molecule has 0 fully saturated rings. The van der Waals surface area contributed by atoms with Crippen LogP contribution in [0.5, 0.6) is 5.75 Å². The van der Waals surface area contributed by atoms with E-state index in [4.69, 9.17) is 10.5 Å². The van der Waals surface area contributed by atoms with Crippen LogP contribution < -0.4 is 15.8 Å². The molecule has 2 aromatic heterocycles. The Morgan fingerprint density at radius 3 is 3.04 bits per heavy atom. The summed E-state index contributed by atoms with van der Waals surface area (Å²) in [6.45, 7) is 0.353. The Morgan fingerprint density at radius 1 is 1.35 bits per heavy atom. The predicted octanol–water partition coefficient (Wildman–Crippen LogP) is 2.93. The van der Waals surface area contributed by atoms with Gasteiger partial charge in [-0.2, -0.15) is 11.8 Å². The molecule has 0 aliphatic rings. The van der Waals surface area contributed by atoms with E-state index in [1.807, 2.05) is 59.4 Å². The van der Waals surface area contributed by atoms with Gasteiger partial charge in [-0.05, 0) is 42.7 Å². The van der Waals surface area contributed by atoms with Gasteiger partial charge >= 0.3 is 0 Å². The number of pyridine rings is 1. The molecule has 0 spiro atoms. The number of benzene rings is 1. The summed E-state index contributed by atoms with van der Waals surface area (Å²) < 4.78 is 7.76. The predicted molar refractivity (Wildman–Crippen MR) is 106 cm³/mol. The molecule has 1 aromatic carbocycles. The van der Waals surface area contributed by atoms with Crippen LogP contribution in [0, 0.1) is 0 Å². The molecule has 136 valence electrons. The van der Waals surface area contributed by atoms with Crippen LogP contribution >= 0.6 is 11.8 Å². The van der Waals surface area contributed by atoms with Crippen molar-refractivity contribution >= 4 is 29.0 Å². The number of amides is 1. The Kier molecular flexibility index (Phi) is 6.14. The zero-order chi connectivity index (χ0) is 18.4. The Morgan fingerprint density at radius 2 is 2.23 bits per heavy atom. The van der Waals surface area contributed by atoms with Crippen molar-refractivity contribution < 1.29 is 9.53 Å². The third-order valence-electron chi connectivity index (χ3n) is 3.87. The van der Waals surface area contributed by atoms with Crippen molar-refractivity contribution in [2.75, 3.05) is 17.3 Å². The molecular formula is C19H22N4O2S. The van der Waals surface area contributed by atoms with Crippen LogP contribution in [0.3, 0.4) is 0 Å². The topological polar surface area (TPSA) is 81.7 Å². The molecule has 6 nitrogen and oxygen atoms in total. The maximum atomic E-state index is 12.1. The first-order chi connectivity index (χ1) is 12.7. The molecule has 0 radical (unpaired) electrons. The fourth-order valence-corrected chi connectivity index (χ4v) is 2.98. The van der Waals surface area contributed by atoms with Gasteiger partial charge in [-0.1, -0.05) is 12.1 Å². The Bertz CT molecular complexity index is 848. The molecule has 0 saturated heterocycles. The van der Waals surface area contributed by atoms with Gasteiger partial charge in [-0.3, -0.25) is 4.79 Å². The first-order valence-electron chi connectivity index (χ1n) is 8.36. The second-order valence-corrected chi connectivity index (χ2v) is 6.88. The largest absolute Gasteiger partial charge is 0.487 e. The second-order valence-electron chi connectivity index (χ2n) is 5.89. The first-order valence-corrected chi connectivity index (χ1v) is 9.76. The van der Waals surface area contributed by atoms with Crippen LogP contribution in [0.15, 0.2) is 54.9 Å². The van der Waals surface area contributed by atoms with Gasteiger partial charge in [0.05, 0.1) is 11.7 Å². The number of hydrogen-bond donors (Lipinski definition) is 2. The molecule has 3 rings (SSSR count). The summed E-state index contributed by atoms with van der Waals surface area (Å²) in [5.74, 6) is 1.34. The number of carbonyl (C=O) groups excluding carboxylic acids is 1. The minimum absolute atomic E-state index is 0.184. The maximum Gasteiger partial charge on any atom is 0.241 e. The average molecular weight is 370 g/mol. The number of ether oxygens (including phenoxy) is 1. The molecule has 0 saturated carbocycles. The molecule has 1 atom stereocenters. The fourth-order valence-electron chi connectivity index (χ4n) is 2.49. The number of nitrogens with two attached hydrogens (primary N) is 1. The highest BCUT2D eigenvalue weighted by atomic mass is 32.2. The second kappa shape index (κ2) is 8.73. The number of aromatic nitrogens is 2. The van der Waals surface area contributed by atoms with Gasteiger partial charge in [-0.15, -0.1) is 0 Å². The molecule has 0 unspecified atom stereocenters. The summed E-state index contributed by atoms with van der Waals surface area (Å²) in [4.78, 5) is 16.6. The fraction of sp³-hybridized carbons (Fsp3) is 0.263. The lowest BCUT2D eigenvalue weighted by atomic mass is 10.2. The van der Waals surface area contributed by atoms with Crippen LogP contribution in [0.4, 0.5) is 5.69 Å². The third-order valence-corrected chi connectivity index (χ3v) is 4.52. The Labute approximate surface area is 156 Å². The minimum Gasteiger partial charge on any atom is -0.487 e. The Balaban J connectivity index is 1.59. The van der Waals surface area contributed by atoms with E-state index in [-0.39, 0.29) is 5.91 Å². The molecule has 0 bridgehead atoms. The van der Waals surface area contributed by atoms with E-state index < -0.39 is 6.04 Å². The number of thioether (sulfide) groups is 1. The van der Waals surface area contributed by atoms with Crippen molar-refractivity contribution in [3.63, 3.8) is 0 Å². The highest BCUT2D eigenvalue weighted by Gasteiger charge is 2.13. The van der Waals surface area contributed by atoms with Gasteiger partial charge in [0, 0.05) is 24.1 Å². The summed E-state index contributed by atoms with van der Waals surface area (Å²) in [7, 11) is 0. The molecular weight excluding hydrogens is 348 g/mol. The van der Waals surface area contributed by atoms with E-state index in [1.165, 1.54) is 0 Å². The monoisotopic (exact) mass is 370 g/mol. The van der Waals surface area contributed by atoms with E-state index in [0.717, 1.165) is 17.1 Å². The highest BCUT2D eigenvalue weighted by molar-refractivity contribution is 7.98. The number of imidazole rings is 1. The normalized spacial score (nSPS) is 12.1. The van der Waals surface area contributed by atoms with Crippen molar-refractivity contribution in [1.29, 1.82) is 0 Å². The lowest BCUT2D eigenvalue weighted by Crippen LogP contribution is -2.36. The zero-order valence-electron chi connectivity index (χ0n) is 14.6. The van der Waals surface area contributed by atoms with Gasteiger partial charge in [0.15, 0.2) is 0 Å². The summed E-state index contributed by atoms with van der Waals surface area (Å²) in [6.07, 6.45) is 6.53. The summed E-state index contributed by atoms with van der Waals surface area (Å²) >= 11 is 1.67. The number of nitrogens with one attached hydrogen (secondary N) is 1. The van der Waals surface area contributed by atoms with Crippen molar-refractivity contribution in [1.82, 2.24) is 9.38 Å².